The van der Waals surface area contributed by atoms with Crippen molar-refractivity contribution < 1.29 is 31.6 Å². The van der Waals surface area contributed by atoms with Crippen LogP contribution < -0.4 is 11.4 Å². The maximum atomic E-state index is 16.5. The van der Waals surface area contributed by atoms with Crippen LogP contribution in [-0.2, 0) is 22.7 Å². The van der Waals surface area contributed by atoms with Gasteiger partial charge in [0.2, 0.25) is 0 Å². The summed E-state index contributed by atoms with van der Waals surface area (Å²) in [7, 11) is 1.67. The van der Waals surface area contributed by atoms with E-state index in [2.05, 4.69) is 35.2 Å². The molecule has 1 spiro atoms. The molecule has 2 aliphatic carbocycles. The minimum atomic E-state index is -3.32. The van der Waals surface area contributed by atoms with Crippen LogP contribution in [0.2, 0.25) is 0 Å². The van der Waals surface area contributed by atoms with Crippen molar-refractivity contribution in [2.75, 3.05) is 13.2 Å². The van der Waals surface area contributed by atoms with Gasteiger partial charge in [-0.2, -0.15) is 10.2 Å². The van der Waals surface area contributed by atoms with Gasteiger partial charge in [0.05, 0.1) is 45.8 Å². The number of amides is 1. The maximum Gasteiger partial charge on any atom is 0.438 e. The fraction of sp³-hybridized carbons (Fsp3) is 0.400. The van der Waals surface area contributed by atoms with Crippen LogP contribution in [0.5, 0.6) is 0 Å². The highest BCUT2D eigenvalue weighted by Gasteiger charge is 2.76. The van der Waals surface area contributed by atoms with Crippen molar-refractivity contribution in [1.82, 2.24) is 48.3 Å². The van der Waals surface area contributed by atoms with Crippen molar-refractivity contribution in [2.45, 2.75) is 102 Å². The van der Waals surface area contributed by atoms with Crippen LogP contribution >= 0.6 is 0 Å². The number of aromatic nitrogens is 9. The largest absolute Gasteiger partial charge is 0.438 e. The van der Waals surface area contributed by atoms with E-state index in [0.717, 1.165) is 28.4 Å². The van der Waals surface area contributed by atoms with Gasteiger partial charge in [-0.25, -0.2) is 31.8 Å². The summed E-state index contributed by atoms with van der Waals surface area (Å²) in [4.78, 5) is 47.3. The van der Waals surface area contributed by atoms with Gasteiger partial charge in [0.1, 0.15) is 28.3 Å². The average molecular weight is 945 g/mol. The highest BCUT2D eigenvalue weighted by atomic mass is 19.3. The monoisotopic (exact) mass is 944 g/mol. The van der Waals surface area contributed by atoms with Gasteiger partial charge in [-0.1, -0.05) is 18.1 Å². The van der Waals surface area contributed by atoms with E-state index >= 15 is 22.4 Å². The molecule has 5 atom stereocenters. The Morgan fingerprint density at radius 2 is 1.64 bits per heavy atom. The highest BCUT2D eigenvalue weighted by Crippen LogP contribution is 2.66. The van der Waals surface area contributed by atoms with E-state index < -0.39 is 64.9 Å². The van der Waals surface area contributed by atoms with E-state index in [1.165, 1.54) is 55.6 Å². The SMILES string of the molecule is Cc1cc(-n2nc3c(c2-n2ccn(-c4ccc5c(cnn5C)c4F)c2=O)[C@H](C)N(C(=O)c2cc4cc([C@H]5CCOC(C)(C)C5)ccc4n2[C@@]2(c4noc(=O)[nH]4)C[C@@H]2C)CC32CC2(F)F)cc(C)c1F. The average Bonchev–Trinajstić information content (AvgIpc) is 3.72. The molecule has 0 radical (unpaired) electrons. The van der Waals surface area contributed by atoms with Crippen molar-refractivity contribution in [3.63, 3.8) is 0 Å². The van der Waals surface area contributed by atoms with E-state index in [1.807, 2.05) is 23.6 Å². The van der Waals surface area contributed by atoms with Crippen molar-refractivity contribution >= 4 is 27.7 Å². The number of halogens is 4. The van der Waals surface area contributed by atoms with Gasteiger partial charge in [0.15, 0.2) is 11.6 Å². The minimum absolute atomic E-state index is 0.00156. The normalized spacial score (nSPS) is 24.7. The summed E-state index contributed by atoms with van der Waals surface area (Å²) in [6.45, 7) is 11.1. The number of fused-ring (bicyclic) bond motifs is 4. The molecule has 1 saturated heterocycles. The van der Waals surface area contributed by atoms with Crippen LogP contribution in [0.1, 0.15) is 110 Å². The quantitative estimate of drug-likeness (QED) is 0.157. The predicted octanol–water partition coefficient (Wildman–Crippen LogP) is 8.18. The van der Waals surface area contributed by atoms with Crippen LogP contribution in [0.3, 0.4) is 0 Å². The van der Waals surface area contributed by atoms with E-state index in [-0.39, 0.29) is 73.9 Å². The molecule has 3 fully saturated rings. The number of benzene rings is 3. The first-order chi connectivity index (χ1) is 32.7. The van der Waals surface area contributed by atoms with Gasteiger partial charge >= 0.3 is 11.4 Å². The first-order valence-corrected chi connectivity index (χ1v) is 23.1. The number of hydrogen-bond donors (Lipinski definition) is 1. The van der Waals surface area contributed by atoms with Gasteiger partial charge < -0.3 is 14.2 Å². The summed E-state index contributed by atoms with van der Waals surface area (Å²) in [6.07, 6.45) is 5.59. The molecule has 1 unspecified atom stereocenters. The molecule has 0 bridgehead atoms. The van der Waals surface area contributed by atoms with E-state index in [0.29, 0.717) is 24.1 Å². The van der Waals surface area contributed by atoms with Crippen LogP contribution in [-0.4, -0.2) is 78.9 Å². The van der Waals surface area contributed by atoms with E-state index in [4.69, 9.17) is 14.4 Å². The second-order valence-electron chi connectivity index (χ2n) is 20.3. The number of aryl methyl sites for hydroxylation is 3. The fourth-order valence-electron chi connectivity index (χ4n) is 11.7. The van der Waals surface area contributed by atoms with Crippen LogP contribution in [0.25, 0.3) is 39.0 Å². The number of carbonyl (C=O) groups is 1. The third kappa shape index (κ3) is 6.07. The van der Waals surface area contributed by atoms with Crippen LogP contribution in [0.15, 0.2) is 81.2 Å². The fourth-order valence-corrected chi connectivity index (χ4v) is 11.7. The van der Waals surface area contributed by atoms with E-state index in [9.17, 15) is 9.59 Å². The zero-order valence-electron chi connectivity index (χ0n) is 38.9. The number of H-pyrrole nitrogens is 1. The Morgan fingerprint density at radius 3 is 2.30 bits per heavy atom. The molecule has 356 valence electrons. The Hall–Kier alpha value is -7.02. The Morgan fingerprint density at radius 1 is 0.928 bits per heavy atom. The molecule has 15 nitrogen and oxygen atoms in total. The topological polar surface area (TPSA) is 156 Å². The summed E-state index contributed by atoms with van der Waals surface area (Å²) in [6, 6.07) is 13.0. The Kier molecular flexibility index (Phi) is 8.95. The standard InChI is InChI=1S/C50H48F4N10O5/c1-25-16-32(17-26(2)39(25)51)64-42(61-14-13-60(46(61)67)36-11-10-35-33(40(36)52)22-55-59(35)7)38-28(4)62(24-48(41(38)57-64)23-50(48,53)54)43(65)37-19-31-18-29(30-12-15-68-47(5,6)21-30)8-9-34(31)63(37)49(20-27(49)3)44-56-45(66)69-58-44/h8-11,13-14,16-19,22,27-28,30H,12,15,20-21,23-24H2,1-7H3,(H,56,58,66)/t27-,28-,30-,48?,49-/m0/s1. The lowest BCUT2D eigenvalue weighted by Crippen LogP contribution is -2.47. The van der Waals surface area contributed by atoms with E-state index in [1.54, 1.807) is 40.0 Å². The lowest BCUT2D eigenvalue weighted by Gasteiger charge is -2.38. The Bertz CT molecular complexity index is 3600. The highest BCUT2D eigenvalue weighted by molar-refractivity contribution is 6.00. The number of carbonyl (C=O) groups excluding carboxylic acids is 1. The van der Waals surface area contributed by atoms with Crippen molar-refractivity contribution in [3.8, 4) is 17.2 Å². The first kappa shape index (κ1) is 43.3. The molecule has 8 aromatic rings. The predicted molar refractivity (Wildman–Crippen MR) is 245 cm³/mol. The Balaban J connectivity index is 1.06. The van der Waals surface area contributed by atoms with Crippen LogP contribution in [0.4, 0.5) is 17.6 Å². The zero-order chi connectivity index (χ0) is 48.4. The zero-order valence-corrected chi connectivity index (χ0v) is 38.9. The number of imidazole rings is 1. The van der Waals surface area contributed by atoms with Crippen molar-refractivity contribution in [3.05, 3.63) is 139 Å². The molecule has 2 aliphatic heterocycles. The van der Waals surface area contributed by atoms with Gasteiger partial charge in [-0.05, 0) is 125 Å². The van der Waals surface area contributed by atoms with Gasteiger partial charge in [0, 0.05) is 55.5 Å². The third-order valence-corrected chi connectivity index (χ3v) is 15.5. The second-order valence-corrected chi connectivity index (χ2v) is 20.3. The first-order valence-electron chi connectivity index (χ1n) is 23.1. The van der Waals surface area contributed by atoms with Crippen molar-refractivity contribution in [2.24, 2.45) is 13.0 Å². The summed E-state index contributed by atoms with van der Waals surface area (Å²) < 4.78 is 82.6. The number of hydrogen-bond acceptors (Lipinski definition) is 8. The summed E-state index contributed by atoms with van der Waals surface area (Å²) in [5.74, 6) is -5.50. The van der Waals surface area contributed by atoms with Crippen molar-refractivity contribution in [1.29, 1.82) is 0 Å². The number of nitrogens with zero attached hydrogens (tertiary/aromatic N) is 9. The molecule has 1 amide bonds. The third-order valence-electron chi connectivity index (χ3n) is 15.5. The minimum Gasteiger partial charge on any atom is -0.376 e. The number of ether oxygens (including phenoxy) is 1. The van der Waals surface area contributed by atoms with Gasteiger partial charge in [-0.3, -0.25) is 28.1 Å². The summed E-state index contributed by atoms with van der Waals surface area (Å²) in [5.41, 5.74) is -0.744. The molecule has 19 heteroatoms. The van der Waals surface area contributed by atoms with Gasteiger partial charge in [0.25, 0.3) is 11.8 Å². The molecular formula is C50H48F4N10O5. The molecule has 69 heavy (non-hydrogen) atoms. The number of nitrogens with one attached hydrogen (secondary N) is 1. The molecule has 2 saturated carbocycles. The lowest BCUT2D eigenvalue weighted by molar-refractivity contribution is -0.0592. The molecule has 12 rings (SSSR count). The Labute approximate surface area is 390 Å². The molecule has 5 aromatic heterocycles. The summed E-state index contributed by atoms with van der Waals surface area (Å²) >= 11 is 0. The number of aromatic amines is 1. The maximum absolute atomic E-state index is 16.5. The smallest absolute Gasteiger partial charge is 0.376 e. The molecule has 4 aliphatic rings. The molecule has 1 N–H and O–H groups in total. The second kappa shape index (κ2) is 14.3. The lowest BCUT2D eigenvalue weighted by atomic mass is 9.83. The van der Waals surface area contributed by atoms with Crippen LogP contribution in [0, 0.1) is 31.4 Å². The summed E-state index contributed by atoms with van der Waals surface area (Å²) in [5, 5.41) is 14.1. The molecular weight excluding hydrogens is 897 g/mol. The van der Waals surface area contributed by atoms with Gasteiger partial charge in [-0.15, -0.1) is 0 Å². The molecule has 7 heterocycles. The molecule has 3 aromatic carbocycles. The number of alkyl halides is 2. The number of rotatable bonds is 7.